The van der Waals surface area contributed by atoms with E-state index < -0.39 is 0 Å². The average Bonchev–Trinajstić information content (AvgIpc) is 2.85. The number of nitrogens with zero attached hydrogens (tertiary/aromatic N) is 6. The fourth-order valence-electron chi connectivity index (χ4n) is 1.66. The lowest BCUT2D eigenvalue weighted by Crippen LogP contribution is -2.16. The highest BCUT2D eigenvalue weighted by Crippen LogP contribution is 2.19. The lowest BCUT2D eigenvalue weighted by Gasteiger charge is -2.16. The Balaban J connectivity index is 0.000000200. The molecule has 2 aromatic heterocycles. The van der Waals surface area contributed by atoms with Crippen LogP contribution >= 0.6 is 0 Å². The van der Waals surface area contributed by atoms with Gasteiger partial charge in [-0.3, -0.25) is 9.36 Å². The summed E-state index contributed by atoms with van der Waals surface area (Å²) in [5.74, 6) is 0. The summed E-state index contributed by atoms with van der Waals surface area (Å²) in [5.41, 5.74) is 2.47. The van der Waals surface area contributed by atoms with E-state index in [9.17, 15) is 0 Å². The van der Waals surface area contributed by atoms with Gasteiger partial charge in [-0.15, -0.1) is 10.2 Å². The summed E-state index contributed by atoms with van der Waals surface area (Å²) < 4.78 is 3.53. The Bertz CT molecular complexity index is 539. The summed E-state index contributed by atoms with van der Waals surface area (Å²) in [6, 6.07) is 0. The fraction of sp³-hybridized carbons (Fsp3) is 0.714. The topological polar surface area (TPSA) is 61.4 Å². The Morgan fingerprint density at radius 3 is 1.70 bits per heavy atom. The monoisotopic (exact) mass is 278 g/mol. The van der Waals surface area contributed by atoms with E-state index in [0.29, 0.717) is 0 Å². The second kappa shape index (κ2) is 5.73. The van der Waals surface area contributed by atoms with Gasteiger partial charge in [-0.1, -0.05) is 52.0 Å². The van der Waals surface area contributed by atoms with Crippen molar-refractivity contribution in [2.45, 2.75) is 52.4 Å². The molecule has 0 atom stereocenters. The average molecular weight is 278 g/mol. The maximum atomic E-state index is 4.00. The van der Waals surface area contributed by atoms with Gasteiger partial charge in [-0.05, 0) is 0 Å². The van der Waals surface area contributed by atoms with Crippen molar-refractivity contribution in [1.29, 1.82) is 0 Å². The molecule has 0 aliphatic carbocycles. The zero-order chi connectivity index (χ0) is 15.6. The van der Waals surface area contributed by atoms with E-state index in [1.807, 2.05) is 20.3 Å². The molecule has 0 aliphatic rings. The molecule has 0 aromatic carbocycles. The van der Waals surface area contributed by atoms with Crippen LogP contribution in [0.2, 0.25) is 0 Å². The zero-order valence-corrected chi connectivity index (χ0v) is 13.8. The molecule has 6 heteroatoms. The van der Waals surface area contributed by atoms with E-state index in [-0.39, 0.29) is 10.8 Å². The molecule has 0 fully saturated rings. The molecule has 0 amide bonds. The highest BCUT2D eigenvalue weighted by Gasteiger charge is 2.17. The minimum Gasteiger partial charge on any atom is -0.255 e. The van der Waals surface area contributed by atoms with Crippen molar-refractivity contribution in [3.63, 3.8) is 0 Å². The van der Waals surface area contributed by atoms with Gasteiger partial charge in [0.05, 0.1) is 17.6 Å². The third-order valence-electron chi connectivity index (χ3n) is 2.85. The predicted molar refractivity (Wildman–Crippen MR) is 79.4 cm³/mol. The van der Waals surface area contributed by atoms with Crippen LogP contribution in [0, 0.1) is 0 Å². The van der Waals surface area contributed by atoms with Crippen LogP contribution in [0.1, 0.15) is 52.9 Å². The maximum absolute atomic E-state index is 4.00. The fourth-order valence-corrected chi connectivity index (χ4v) is 1.66. The Morgan fingerprint density at radius 1 is 0.900 bits per heavy atom. The lowest BCUT2D eigenvalue weighted by atomic mass is 9.93. The summed E-state index contributed by atoms with van der Waals surface area (Å²) >= 11 is 0. The quantitative estimate of drug-likeness (QED) is 0.741. The molecule has 0 bridgehead atoms. The number of rotatable bonds is 0. The van der Waals surface area contributed by atoms with E-state index in [4.69, 9.17) is 0 Å². The molecule has 0 saturated heterocycles. The van der Waals surface area contributed by atoms with Crippen LogP contribution in [-0.2, 0) is 24.9 Å². The van der Waals surface area contributed by atoms with E-state index in [2.05, 4.69) is 62.2 Å². The van der Waals surface area contributed by atoms with Gasteiger partial charge < -0.3 is 0 Å². The molecular formula is C14H26N6. The van der Waals surface area contributed by atoms with Gasteiger partial charge >= 0.3 is 0 Å². The normalized spacial score (nSPS) is 12.0. The number of hydrogen-bond acceptors (Lipinski definition) is 4. The minimum atomic E-state index is 0.119. The van der Waals surface area contributed by atoms with Crippen LogP contribution in [0.15, 0.2) is 12.4 Å². The molecule has 0 unspecified atom stereocenters. The minimum absolute atomic E-state index is 0.119. The molecular weight excluding hydrogens is 252 g/mol. The summed E-state index contributed by atoms with van der Waals surface area (Å²) in [7, 11) is 3.79. The standard InChI is InChI=1S/2C7H13N3/c1-7(2,3)6-5-10(4)9-8-6;1-7(2,3)6-5-8-9-10(6)4/h2*5H,1-4H3. The molecule has 0 saturated carbocycles. The Kier molecular flexibility index (Phi) is 4.68. The van der Waals surface area contributed by atoms with Gasteiger partial charge in [0.1, 0.15) is 0 Å². The van der Waals surface area contributed by atoms with Crippen molar-refractivity contribution in [2.24, 2.45) is 14.1 Å². The molecule has 0 aliphatic heterocycles. The highest BCUT2D eigenvalue weighted by atomic mass is 15.4. The molecule has 0 spiro atoms. The summed E-state index contributed by atoms with van der Waals surface area (Å²) in [5, 5.41) is 15.5. The molecule has 2 heterocycles. The Morgan fingerprint density at radius 2 is 1.50 bits per heavy atom. The van der Waals surface area contributed by atoms with E-state index >= 15 is 0 Å². The van der Waals surface area contributed by atoms with E-state index in [0.717, 1.165) is 11.4 Å². The van der Waals surface area contributed by atoms with Gasteiger partial charge in [-0.25, -0.2) is 0 Å². The summed E-state index contributed by atoms with van der Waals surface area (Å²) in [6.45, 7) is 12.8. The third-order valence-corrected chi connectivity index (χ3v) is 2.85. The van der Waals surface area contributed by atoms with Gasteiger partial charge in [0.2, 0.25) is 0 Å². The molecule has 2 aromatic rings. The van der Waals surface area contributed by atoms with Crippen LogP contribution in [0.25, 0.3) is 0 Å². The van der Waals surface area contributed by atoms with Crippen molar-refractivity contribution < 1.29 is 0 Å². The Labute approximate surface area is 121 Å². The molecule has 6 nitrogen and oxygen atoms in total. The third kappa shape index (κ3) is 4.43. The first-order valence-corrected chi connectivity index (χ1v) is 6.74. The first-order valence-electron chi connectivity index (χ1n) is 6.74. The summed E-state index contributed by atoms with van der Waals surface area (Å²) in [6.07, 6.45) is 3.75. The Hall–Kier alpha value is -1.72. The van der Waals surface area contributed by atoms with Gasteiger partial charge in [0.25, 0.3) is 0 Å². The van der Waals surface area contributed by atoms with E-state index in [1.54, 1.807) is 15.6 Å². The van der Waals surface area contributed by atoms with E-state index in [1.165, 1.54) is 0 Å². The molecule has 0 N–H and O–H groups in total. The van der Waals surface area contributed by atoms with Gasteiger partial charge in [0.15, 0.2) is 0 Å². The van der Waals surface area contributed by atoms with Gasteiger partial charge in [-0.2, -0.15) is 0 Å². The first-order chi connectivity index (χ1) is 9.01. The maximum Gasteiger partial charge on any atom is 0.0880 e. The predicted octanol–water partition coefficient (Wildman–Crippen LogP) is 2.23. The van der Waals surface area contributed by atoms with Crippen LogP contribution < -0.4 is 0 Å². The van der Waals surface area contributed by atoms with Crippen molar-refractivity contribution in [3.05, 3.63) is 23.8 Å². The second-order valence-electron chi connectivity index (χ2n) is 7.02. The first kappa shape index (κ1) is 16.3. The highest BCUT2D eigenvalue weighted by molar-refractivity contribution is 5.07. The van der Waals surface area contributed by atoms with Crippen molar-refractivity contribution >= 4 is 0 Å². The second-order valence-corrected chi connectivity index (χ2v) is 7.02. The van der Waals surface area contributed by atoms with Crippen LogP contribution in [0.3, 0.4) is 0 Å². The van der Waals surface area contributed by atoms with Crippen LogP contribution in [0.4, 0.5) is 0 Å². The lowest BCUT2D eigenvalue weighted by molar-refractivity contribution is 0.520. The molecule has 20 heavy (non-hydrogen) atoms. The zero-order valence-electron chi connectivity index (χ0n) is 13.8. The number of aryl methyl sites for hydroxylation is 2. The van der Waals surface area contributed by atoms with Crippen molar-refractivity contribution in [1.82, 2.24) is 30.0 Å². The SMILES string of the molecule is Cn1cc(C(C)(C)C)nn1.Cn1nncc1C(C)(C)C. The van der Waals surface area contributed by atoms with Crippen molar-refractivity contribution in [3.8, 4) is 0 Å². The van der Waals surface area contributed by atoms with Crippen molar-refractivity contribution in [2.75, 3.05) is 0 Å². The summed E-state index contributed by atoms with van der Waals surface area (Å²) in [4.78, 5) is 0. The molecule has 0 radical (unpaired) electrons. The molecule has 112 valence electrons. The van der Waals surface area contributed by atoms with Crippen LogP contribution in [-0.4, -0.2) is 30.0 Å². The molecule has 2 rings (SSSR count). The smallest absolute Gasteiger partial charge is 0.0880 e. The number of aromatic nitrogens is 6. The van der Waals surface area contributed by atoms with Gasteiger partial charge in [0, 0.05) is 31.1 Å². The number of hydrogen-bond donors (Lipinski definition) is 0. The van der Waals surface area contributed by atoms with Crippen LogP contribution in [0.5, 0.6) is 0 Å². The largest absolute Gasteiger partial charge is 0.255 e.